The fourth-order valence-corrected chi connectivity index (χ4v) is 3.49. The first-order valence-electron chi connectivity index (χ1n) is 6.94. The summed E-state index contributed by atoms with van der Waals surface area (Å²) < 4.78 is 22.1. The average Bonchev–Trinajstić information content (AvgIpc) is 2.46. The van der Waals surface area contributed by atoms with E-state index in [0.29, 0.717) is 37.2 Å². The van der Waals surface area contributed by atoms with E-state index >= 15 is 0 Å². The Morgan fingerprint density at radius 3 is 2.68 bits per heavy atom. The number of piperidine rings is 1. The first-order valence-corrected chi connectivity index (χ1v) is 8.65. The molecule has 1 fully saturated rings. The van der Waals surface area contributed by atoms with Gasteiger partial charge in [0.25, 0.3) is 0 Å². The third-order valence-corrected chi connectivity index (χ3v) is 4.55. The quantitative estimate of drug-likeness (QED) is 0.866. The van der Waals surface area contributed by atoms with Gasteiger partial charge in [-0.25, -0.2) is 18.4 Å². The minimum atomic E-state index is -3.47. The van der Waals surface area contributed by atoms with Crippen LogP contribution in [0.25, 0.3) is 0 Å². The monoisotopic (exact) mass is 322 g/mol. The van der Waals surface area contributed by atoms with E-state index in [1.54, 1.807) is 29.2 Å². The first-order chi connectivity index (χ1) is 10.4. The highest BCUT2D eigenvalue weighted by Crippen LogP contribution is 2.19. The molecule has 1 aromatic rings. The van der Waals surface area contributed by atoms with Gasteiger partial charge in [0, 0.05) is 18.8 Å². The number of carbonyl (C=O) groups is 1. The second kappa shape index (κ2) is 6.77. The van der Waals surface area contributed by atoms with Crippen LogP contribution < -0.4 is 10.5 Å². The predicted octanol–water partition coefficient (Wildman–Crippen LogP) is 1.09. The van der Waals surface area contributed by atoms with Gasteiger partial charge in [0.15, 0.2) is 0 Å². The van der Waals surface area contributed by atoms with E-state index < -0.39 is 10.0 Å². The van der Waals surface area contributed by atoms with E-state index in [9.17, 15) is 13.2 Å². The number of nitrogens with zero attached hydrogens (tertiary/aromatic N) is 2. The molecule has 1 aliphatic heterocycles. The minimum Gasteiger partial charge on any atom is -0.325 e. The summed E-state index contributed by atoms with van der Waals surface area (Å²) in [6.45, 7) is 0.980. The molecule has 0 radical (unpaired) electrons. The molecule has 0 saturated carbocycles. The Balaban J connectivity index is 1.88. The van der Waals surface area contributed by atoms with Crippen molar-refractivity contribution < 1.29 is 13.2 Å². The van der Waals surface area contributed by atoms with Gasteiger partial charge in [-0.1, -0.05) is 6.07 Å². The van der Waals surface area contributed by atoms with Crippen molar-refractivity contribution in [2.24, 2.45) is 11.1 Å². The van der Waals surface area contributed by atoms with Crippen LogP contribution >= 0.6 is 0 Å². The van der Waals surface area contributed by atoms with Gasteiger partial charge in [-0.05, 0) is 37.0 Å². The van der Waals surface area contributed by atoms with Crippen molar-refractivity contribution in [3.8, 4) is 6.07 Å². The molecule has 118 valence electrons. The number of nitrogens with one attached hydrogen (secondary N) is 1. The molecule has 0 aliphatic carbocycles. The number of sulfonamides is 1. The van der Waals surface area contributed by atoms with Crippen molar-refractivity contribution in [3.63, 3.8) is 0 Å². The lowest BCUT2D eigenvalue weighted by atomic mass is 9.99. The second-order valence-corrected chi connectivity index (χ2v) is 7.04. The van der Waals surface area contributed by atoms with Crippen LogP contribution in [0.15, 0.2) is 24.3 Å². The predicted molar refractivity (Wildman–Crippen MR) is 82.4 cm³/mol. The Bertz CT molecular complexity index is 688. The molecule has 1 heterocycles. The Morgan fingerprint density at radius 1 is 1.41 bits per heavy atom. The van der Waals surface area contributed by atoms with E-state index in [4.69, 9.17) is 10.4 Å². The van der Waals surface area contributed by atoms with Crippen LogP contribution in [-0.2, 0) is 10.0 Å². The van der Waals surface area contributed by atoms with Gasteiger partial charge in [-0.3, -0.25) is 0 Å². The third-order valence-electron chi connectivity index (χ3n) is 3.61. The van der Waals surface area contributed by atoms with Gasteiger partial charge >= 0.3 is 6.03 Å². The number of rotatable bonds is 3. The zero-order chi connectivity index (χ0) is 16.2. The Labute approximate surface area is 129 Å². The summed E-state index contributed by atoms with van der Waals surface area (Å²) in [5.41, 5.74) is 1.04. The number of anilines is 1. The number of primary sulfonamides is 1. The van der Waals surface area contributed by atoms with Crippen molar-refractivity contribution in [1.82, 2.24) is 4.90 Å². The molecule has 0 bridgehead atoms. The molecule has 0 spiro atoms. The number of hydrogen-bond donors (Lipinski definition) is 2. The summed E-state index contributed by atoms with van der Waals surface area (Å²) in [5.74, 6) is -0.0342. The maximum atomic E-state index is 12.1. The molecule has 3 N–H and O–H groups in total. The van der Waals surface area contributed by atoms with Crippen LogP contribution in [0.4, 0.5) is 10.5 Å². The summed E-state index contributed by atoms with van der Waals surface area (Å²) in [5, 5.41) is 16.6. The van der Waals surface area contributed by atoms with Crippen molar-refractivity contribution in [2.45, 2.75) is 12.8 Å². The van der Waals surface area contributed by atoms with E-state index in [0.717, 1.165) is 0 Å². The third kappa shape index (κ3) is 4.72. The van der Waals surface area contributed by atoms with Crippen LogP contribution in [0.3, 0.4) is 0 Å². The number of carbonyl (C=O) groups excluding carboxylic acids is 1. The van der Waals surface area contributed by atoms with Crippen LogP contribution in [0.1, 0.15) is 18.4 Å². The SMILES string of the molecule is N#Cc1cccc(NC(=O)N2CCC(CS(N)(=O)=O)CC2)c1. The largest absolute Gasteiger partial charge is 0.325 e. The molecule has 0 aromatic heterocycles. The molecule has 0 unspecified atom stereocenters. The maximum Gasteiger partial charge on any atom is 0.321 e. The van der Waals surface area contributed by atoms with E-state index in [-0.39, 0.29) is 17.7 Å². The topological polar surface area (TPSA) is 116 Å². The summed E-state index contributed by atoms with van der Waals surface area (Å²) in [6.07, 6.45) is 1.23. The zero-order valence-corrected chi connectivity index (χ0v) is 12.8. The van der Waals surface area contributed by atoms with Crippen molar-refractivity contribution in [3.05, 3.63) is 29.8 Å². The Kier molecular flexibility index (Phi) is 5.00. The number of hydrogen-bond acceptors (Lipinski definition) is 4. The van der Waals surface area contributed by atoms with Crippen LogP contribution in [-0.4, -0.2) is 38.2 Å². The second-order valence-electron chi connectivity index (χ2n) is 5.38. The standard InChI is InChI=1S/C14H18N4O3S/c15-9-12-2-1-3-13(8-12)17-14(19)18-6-4-11(5-7-18)10-22(16,20)21/h1-3,8,11H,4-7,10H2,(H,17,19)(H2,16,20,21). The maximum absolute atomic E-state index is 12.1. The smallest absolute Gasteiger partial charge is 0.321 e. The van der Waals surface area contributed by atoms with E-state index in [2.05, 4.69) is 5.32 Å². The summed E-state index contributed by atoms with van der Waals surface area (Å²) >= 11 is 0. The minimum absolute atomic E-state index is 0.000895. The summed E-state index contributed by atoms with van der Waals surface area (Å²) in [6, 6.07) is 8.45. The van der Waals surface area contributed by atoms with Crippen LogP contribution in [0, 0.1) is 17.2 Å². The molecule has 0 atom stereocenters. The number of urea groups is 1. The van der Waals surface area contributed by atoms with Gasteiger partial charge in [-0.2, -0.15) is 5.26 Å². The van der Waals surface area contributed by atoms with E-state index in [1.165, 1.54) is 0 Å². The number of nitriles is 1. The molecule has 1 aromatic carbocycles. The van der Waals surface area contributed by atoms with Gasteiger partial charge in [0.05, 0.1) is 17.4 Å². The number of likely N-dealkylation sites (tertiary alicyclic amines) is 1. The Morgan fingerprint density at radius 2 is 2.09 bits per heavy atom. The molecule has 7 nitrogen and oxygen atoms in total. The average molecular weight is 322 g/mol. The molecule has 1 aliphatic rings. The van der Waals surface area contributed by atoms with Gasteiger partial charge in [-0.15, -0.1) is 0 Å². The fraction of sp³-hybridized carbons (Fsp3) is 0.429. The Hall–Kier alpha value is -2.11. The molecule has 8 heteroatoms. The van der Waals surface area contributed by atoms with Gasteiger partial charge < -0.3 is 10.2 Å². The molecule has 22 heavy (non-hydrogen) atoms. The highest BCUT2D eigenvalue weighted by molar-refractivity contribution is 7.89. The van der Waals surface area contributed by atoms with Gasteiger partial charge in [0.1, 0.15) is 0 Å². The number of amides is 2. The highest BCUT2D eigenvalue weighted by atomic mass is 32.2. The van der Waals surface area contributed by atoms with Crippen molar-refractivity contribution >= 4 is 21.7 Å². The lowest BCUT2D eigenvalue weighted by Crippen LogP contribution is -2.42. The highest BCUT2D eigenvalue weighted by Gasteiger charge is 2.25. The van der Waals surface area contributed by atoms with Crippen molar-refractivity contribution in [2.75, 3.05) is 24.2 Å². The number of benzene rings is 1. The summed E-state index contributed by atoms with van der Waals surface area (Å²) in [4.78, 5) is 13.8. The molecular formula is C14H18N4O3S. The normalized spacial score (nSPS) is 16.1. The van der Waals surface area contributed by atoms with Crippen LogP contribution in [0.2, 0.25) is 0 Å². The molecular weight excluding hydrogens is 304 g/mol. The molecule has 2 amide bonds. The number of nitrogens with two attached hydrogens (primary N) is 1. The van der Waals surface area contributed by atoms with E-state index in [1.807, 2.05) is 6.07 Å². The zero-order valence-electron chi connectivity index (χ0n) is 12.0. The van der Waals surface area contributed by atoms with Crippen molar-refractivity contribution in [1.29, 1.82) is 5.26 Å². The molecule has 2 rings (SSSR count). The molecule has 1 saturated heterocycles. The van der Waals surface area contributed by atoms with Gasteiger partial charge in [0.2, 0.25) is 10.0 Å². The lowest BCUT2D eigenvalue weighted by molar-refractivity contribution is 0.187. The van der Waals surface area contributed by atoms with Crippen LogP contribution in [0.5, 0.6) is 0 Å². The fourth-order valence-electron chi connectivity index (χ4n) is 2.50. The lowest BCUT2D eigenvalue weighted by Gasteiger charge is -2.31. The summed E-state index contributed by atoms with van der Waals surface area (Å²) in [7, 11) is -3.47. The first kappa shape index (κ1) is 16.3.